The van der Waals surface area contributed by atoms with Crippen LogP contribution in [0.2, 0.25) is 0 Å². The highest BCUT2D eigenvalue weighted by Gasteiger charge is 2.25. The predicted octanol–water partition coefficient (Wildman–Crippen LogP) is 2.69. The molecule has 0 bridgehead atoms. The van der Waals surface area contributed by atoms with Crippen LogP contribution in [0.15, 0.2) is 42.5 Å². The number of ether oxygens (including phenoxy) is 2. The smallest absolute Gasteiger partial charge is 0.343 e. The third-order valence-electron chi connectivity index (χ3n) is 3.83. The molecular formula is C18H20ClNO4. The molecule has 1 unspecified atom stereocenters. The van der Waals surface area contributed by atoms with Crippen LogP contribution in [0.25, 0.3) is 0 Å². The van der Waals surface area contributed by atoms with E-state index in [-0.39, 0.29) is 30.6 Å². The van der Waals surface area contributed by atoms with Gasteiger partial charge >= 0.3 is 5.97 Å². The van der Waals surface area contributed by atoms with Gasteiger partial charge in [0.15, 0.2) is 0 Å². The van der Waals surface area contributed by atoms with Crippen molar-refractivity contribution >= 4 is 18.4 Å². The number of benzene rings is 2. The summed E-state index contributed by atoms with van der Waals surface area (Å²) in [6.45, 7) is 0.751. The summed E-state index contributed by atoms with van der Waals surface area (Å²) in [5.74, 6) is -0.316. The highest BCUT2D eigenvalue weighted by molar-refractivity contribution is 5.95. The van der Waals surface area contributed by atoms with Gasteiger partial charge in [0.25, 0.3) is 0 Å². The van der Waals surface area contributed by atoms with Crippen LogP contribution < -0.4 is 15.2 Å². The molecule has 0 amide bonds. The van der Waals surface area contributed by atoms with E-state index >= 15 is 0 Å². The minimum Gasteiger partial charge on any atom is -0.492 e. The Hall–Kier alpha value is -2.24. The molecule has 2 aromatic rings. The minimum atomic E-state index is -1.05. The van der Waals surface area contributed by atoms with Crippen LogP contribution in [0.3, 0.4) is 0 Å². The third kappa shape index (κ3) is 3.99. The number of aromatic carboxylic acids is 1. The fraction of sp³-hybridized carbons (Fsp3) is 0.278. The molecule has 1 heterocycles. The number of carboxylic acids is 1. The Morgan fingerprint density at radius 3 is 2.71 bits per heavy atom. The summed E-state index contributed by atoms with van der Waals surface area (Å²) in [4.78, 5) is 11.5. The van der Waals surface area contributed by atoms with Crippen molar-refractivity contribution in [2.75, 3.05) is 13.2 Å². The van der Waals surface area contributed by atoms with Crippen LogP contribution in [-0.2, 0) is 12.8 Å². The first kappa shape index (κ1) is 18.1. The Kier molecular flexibility index (Phi) is 6.06. The fourth-order valence-corrected chi connectivity index (χ4v) is 2.73. The van der Waals surface area contributed by atoms with Gasteiger partial charge in [-0.15, -0.1) is 12.4 Å². The molecule has 0 radical (unpaired) electrons. The van der Waals surface area contributed by atoms with Gasteiger partial charge in [-0.25, -0.2) is 4.79 Å². The standard InChI is InChI=1S/C18H19NO4.ClH/c19-14(10-12-4-2-1-3-5-12)11-23-15-7-6-13-8-9-22-17(13)16(15)18(20)21;/h1-7,14H,8-11,19H2,(H,20,21);1H. The van der Waals surface area contributed by atoms with Crippen LogP contribution in [0.5, 0.6) is 11.5 Å². The molecule has 1 atom stereocenters. The molecule has 3 N–H and O–H groups in total. The molecule has 0 fully saturated rings. The summed E-state index contributed by atoms with van der Waals surface area (Å²) in [7, 11) is 0. The lowest BCUT2D eigenvalue weighted by Crippen LogP contribution is -2.30. The van der Waals surface area contributed by atoms with Gasteiger partial charge in [0.2, 0.25) is 0 Å². The lowest BCUT2D eigenvalue weighted by molar-refractivity contribution is 0.0688. The number of fused-ring (bicyclic) bond motifs is 1. The van der Waals surface area contributed by atoms with Crippen molar-refractivity contribution in [1.29, 1.82) is 0 Å². The van der Waals surface area contributed by atoms with Crippen LogP contribution in [-0.4, -0.2) is 30.3 Å². The Balaban J connectivity index is 0.00000208. The lowest BCUT2D eigenvalue weighted by Gasteiger charge is -2.16. The number of carbonyl (C=O) groups is 1. The molecule has 0 spiro atoms. The van der Waals surface area contributed by atoms with Crippen molar-refractivity contribution in [3.8, 4) is 11.5 Å². The number of rotatable bonds is 6. The maximum atomic E-state index is 11.5. The van der Waals surface area contributed by atoms with Crippen LogP contribution in [0.1, 0.15) is 21.5 Å². The highest BCUT2D eigenvalue weighted by Crippen LogP contribution is 2.36. The first-order valence-electron chi connectivity index (χ1n) is 7.59. The van der Waals surface area contributed by atoms with E-state index in [2.05, 4.69) is 0 Å². The summed E-state index contributed by atoms with van der Waals surface area (Å²) < 4.78 is 11.1. The topological polar surface area (TPSA) is 81.8 Å². The maximum Gasteiger partial charge on any atom is 0.343 e. The summed E-state index contributed by atoms with van der Waals surface area (Å²) in [5, 5.41) is 9.44. The maximum absolute atomic E-state index is 11.5. The van der Waals surface area contributed by atoms with E-state index in [1.165, 1.54) is 0 Å². The average molecular weight is 350 g/mol. The van der Waals surface area contributed by atoms with Gasteiger partial charge in [0, 0.05) is 12.5 Å². The summed E-state index contributed by atoms with van der Waals surface area (Å²) in [6, 6.07) is 13.2. The van der Waals surface area contributed by atoms with Gasteiger partial charge < -0.3 is 20.3 Å². The number of hydrogen-bond acceptors (Lipinski definition) is 4. The molecule has 2 aromatic carbocycles. The molecule has 0 aliphatic carbocycles. The van der Waals surface area contributed by atoms with E-state index in [1.54, 1.807) is 6.07 Å². The molecule has 1 aliphatic rings. The van der Waals surface area contributed by atoms with Crippen molar-refractivity contribution in [1.82, 2.24) is 0 Å². The molecule has 0 saturated heterocycles. The van der Waals surface area contributed by atoms with E-state index in [1.807, 2.05) is 36.4 Å². The van der Waals surface area contributed by atoms with Gasteiger partial charge in [-0.3, -0.25) is 0 Å². The normalized spacial score (nSPS) is 13.4. The van der Waals surface area contributed by atoms with E-state index in [0.29, 0.717) is 24.5 Å². The van der Waals surface area contributed by atoms with Gasteiger partial charge in [-0.2, -0.15) is 0 Å². The average Bonchev–Trinajstić information content (AvgIpc) is 3.01. The van der Waals surface area contributed by atoms with Crippen LogP contribution in [0.4, 0.5) is 0 Å². The molecule has 3 rings (SSSR count). The van der Waals surface area contributed by atoms with Crippen molar-refractivity contribution in [2.45, 2.75) is 18.9 Å². The Morgan fingerprint density at radius 1 is 1.25 bits per heavy atom. The van der Waals surface area contributed by atoms with E-state index < -0.39 is 5.97 Å². The third-order valence-corrected chi connectivity index (χ3v) is 3.83. The van der Waals surface area contributed by atoms with Gasteiger partial charge in [0.1, 0.15) is 23.7 Å². The minimum absolute atomic E-state index is 0. The van der Waals surface area contributed by atoms with E-state index in [4.69, 9.17) is 15.2 Å². The monoisotopic (exact) mass is 349 g/mol. The fourth-order valence-electron chi connectivity index (χ4n) is 2.73. The van der Waals surface area contributed by atoms with Gasteiger partial charge in [0.05, 0.1) is 6.61 Å². The second-order valence-electron chi connectivity index (χ2n) is 5.59. The molecule has 1 aliphatic heterocycles. The Labute approximate surface area is 146 Å². The molecule has 0 saturated carbocycles. The zero-order valence-corrected chi connectivity index (χ0v) is 13.9. The molecule has 24 heavy (non-hydrogen) atoms. The van der Waals surface area contributed by atoms with Crippen molar-refractivity contribution < 1.29 is 19.4 Å². The predicted molar refractivity (Wildman–Crippen MR) is 93.5 cm³/mol. The van der Waals surface area contributed by atoms with E-state index in [0.717, 1.165) is 17.5 Å². The number of nitrogens with two attached hydrogens (primary N) is 1. The van der Waals surface area contributed by atoms with E-state index in [9.17, 15) is 9.90 Å². The van der Waals surface area contributed by atoms with Gasteiger partial charge in [-0.05, 0) is 23.6 Å². The molecule has 0 aromatic heterocycles. The second-order valence-corrected chi connectivity index (χ2v) is 5.59. The zero-order valence-electron chi connectivity index (χ0n) is 13.1. The van der Waals surface area contributed by atoms with Crippen molar-refractivity contribution in [2.24, 2.45) is 5.73 Å². The van der Waals surface area contributed by atoms with Crippen LogP contribution >= 0.6 is 12.4 Å². The quantitative estimate of drug-likeness (QED) is 0.838. The highest BCUT2D eigenvalue weighted by atomic mass is 35.5. The second kappa shape index (κ2) is 8.04. The Bertz CT molecular complexity index is 706. The largest absolute Gasteiger partial charge is 0.492 e. The Morgan fingerprint density at radius 2 is 2.00 bits per heavy atom. The first-order valence-corrected chi connectivity index (χ1v) is 7.59. The first-order chi connectivity index (χ1) is 11.1. The number of halogens is 1. The van der Waals surface area contributed by atoms with Gasteiger partial charge in [-0.1, -0.05) is 36.4 Å². The van der Waals surface area contributed by atoms with Crippen molar-refractivity contribution in [3.05, 3.63) is 59.2 Å². The number of carboxylic acid groups (broad SMARTS) is 1. The summed E-state index contributed by atoms with van der Waals surface area (Å²) >= 11 is 0. The zero-order chi connectivity index (χ0) is 16.2. The summed E-state index contributed by atoms with van der Waals surface area (Å²) in [5.41, 5.74) is 8.21. The number of hydrogen-bond donors (Lipinski definition) is 2. The summed E-state index contributed by atoms with van der Waals surface area (Å²) in [6.07, 6.45) is 1.40. The van der Waals surface area contributed by atoms with Crippen LogP contribution in [0, 0.1) is 0 Å². The van der Waals surface area contributed by atoms with Crippen molar-refractivity contribution in [3.63, 3.8) is 0 Å². The molecule has 128 valence electrons. The molecule has 6 heteroatoms. The molecule has 5 nitrogen and oxygen atoms in total. The lowest BCUT2D eigenvalue weighted by atomic mass is 10.1. The molecular weight excluding hydrogens is 330 g/mol. The SMILES string of the molecule is Cl.NC(COc1ccc2c(c1C(=O)O)OCC2)Cc1ccccc1.